The zero-order valence-corrected chi connectivity index (χ0v) is 31.8. The van der Waals surface area contributed by atoms with Crippen LogP contribution in [0.25, 0.3) is 115 Å². The highest BCUT2D eigenvalue weighted by Gasteiger charge is 2.24. The summed E-state index contributed by atoms with van der Waals surface area (Å²) < 4.78 is 6.84. The third kappa shape index (κ3) is 4.35. The second-order valence-electron chi connectivity index (χ2n) is 15.6. The van der Waals surface area contributed by atoms with Crippen molar-refractivity contribution in [2.45, 2.75) is 0 Å². The molecule has 4 heteroatoms. The highest BCUT2D eigenvalue weighted by molar-refractivity contribution is 6.26. The van der Waals surface area contributed by atoms with Gasteiger partial charge in [0.2, 0.25) is 0 Å². The SMILES string of the molecule is O=c1c2ccccc2c2cccc3c4cccc(-c5cc(-n6c7ccccc7c7c6ccc6c8ccccc8n(-c8ccccc8)c67)ccc5-c5ccccc5)c4n1c23. The Morgan fingerprint density at radius 1 is 0.305 bits per heavy atom. The lowest BCUT2D eigenvalue weighted by atomic mass is 9.92. The Morgan fingerprint density at radius 3 is 1.66 bits per heavy atom. The number of nitrogens with zero attached hydrogens (tertiary/aromatic N) is 3. The van der Waals surface area contributed by atoms with E-state index in [9.17, 15) is 4.79 Å². The van der Waals surface area contributed by atoms with Gasteiger partial charge in [-0.2, -0.15) is 0 Å². The van der Waals surface area contributed by atoms with Crippen LogP contribution in [0.4, 0.5) is 0 Å². The molecule has 0 saturated heterocycles. The Kier molecular flexibility index (Phi) is 6.56. The van der Waals surface area contributed by atoms with Crippen LogP contribution in [-0.2, 0) is 0 Å². The van der Waals surface area contributed by atoms with Crippen LogP contribution in [0.2, 0.25) is 0 Å². The number of fused-ring (bicyclic) bond motifs is 12. The van der Waals surface area contributed by atoms with Gasteiger partial charge in [0, 0.05) is 60.0 Å². The van der Waals surface area contributed by atoms with E-state index in [1.165, 1.54) is 32.6 Å². The molecule has 0 spiro atoms. The summed E-state index contributed by atoms with van der Waals surface area (Å²) in [5.41, 5.74) is 13.1. The van der Waals surface area contributed by atoms with Gasteiger partial charge >= 0.3 is 0 Å². The molecule has 0 radical (unpaired) electrons. The Balaban J connectivity index is 1.16. The molecule has 0 fully saturated rings. The molecule has 59 heavy (non-hydrogen) atoms. The molecule has 0 aliphatic carbocycles. The van der Waals surface area contributed by atoms with E-state index in [4.69, 9.17) is 0 Å². The summed E-state index contributed by atoms with van der Waals surface area (Å²) in [6, 6.07) is 71.2. The first-order valence-corrected chi connectivity index (χ1v) is 20.2. The minimum Gasteiger partial charge on any atom is -0.309 e. The molecule has 13 rings (SSSR count). The lowest BCUT2D eigenvalue weighted by molar-refractivity contribution is 1.17. The van der Waals surface area contributed by atoms with E-state index in [-0.39, 0.29) is 5.56 Å². The first-order chi connectivity index (χ1) is 29.2. The summed E-state index contributed by atoms with van der Waals surface area (Å²) in [4.78, 5) is 14.7. The third-order valence-electron chi connectivity index (χ3n) is 12.6. The minimum atomic E-state index is 0.00406. The maximum absolute atomic E-state index is 14.7. The number of para-hydroxylation sites is 5. The van der Waals surface area contributed by atoms with E-state index in [0.29, 0.717) is 0 Å². The molecule has 4 aromatic heterocycles. The maximum Gasteiger partial charge on any atom is 0.263 e. The van der Waals surface area contributed by atoms with Gasteiger partial charge in [-0.3, -0.25) is 9.20 Å². The van der Waals surface area contributed by atoms with Gasteiger partial charge in [-0.15, -0.1) is 0 Å². The fourth-order valence-electron chi connectivity index (χ4n) is 10.2. The quantitative estimate of drug-likeness (QED) is 0.165. The zero-order valence-electron chi connectivity index (χ0n) is 31.8. The Morgan fingerprint density at radius 2 is 0.881 bits per heavy atom. The van der Waals surface area contributed by atoms with E-state index >= 15 is 0 Å². The number of aromatic nitrogens is 3. The molecule has 0 N–H and O–H groups in total. The number of pyridine rings is 1. The molecule has 0 aliphatic heterocycles. The standard InChI is InChI=1S/C55H33N3O/c59-55-45-21-8-7-19-38(45)40-23-13-24-41-42-25-14-26-43(53(42)58(55)52(40)41)47-33-36(29-30-37(47)34-15-3-1-4-16-34)56-49-28-12-10-22-46(49)51-50(56)32-31-44-39-20-9-11-27-48(39)57(54(44)51)35-17-5-2-6-18-35/h1-33H. The molecule has 0 amide bonds. The van der Waals surface area contributed by atoms with Crippen LogP contribution < -0.4 is 5.56 Å². The highest BCUT2D eigenvalue weighted by Crippen LogP contribution is 2.45. The second kappa shape index (κ2) is 12.0. The molecule has 0 atom stereocenters. The molecule has 274 valence electrons. The summed E-state index contributed by atoms with van der Waals surface area (Å²) in [5, 5.41) is 9.82. The average molecular weight is 752 g/mol. The van der Waals surface area contributed by atoms with Crippen LogP contribution >= 0.6 is 0 Å². The minimum absolute atomic E-state index is 0.00406. The van der Waals surface area contributed by atoms with Crippen molar-refractivity contribution in [1.82, 2.24) is 13.5 Å². The van der Waals surface area contributed by atoms with Crippen LogP contribution in [0.5, 0.6) is 0 Å². The summed E-state index contributed by atoms with van der Waals surface area (Å²) in [6.07, 6.45) is 0. The first kappa shape index (κ1) is 32.2. The predicted molar refractivity (Wildman–Crippen MR) is 247 cm³/mol. The van der Waals surface area contributed by atoms with Crippen LogP contribution in [0.15, 0.2) is 205 Å². The smallest absolute Gasteiger partial charge is 0.263 e. The van der Waals surface area contributed by atoms with Crippen molar-refractivity contribution in [3.63, 3.8) is 0 Å². The average Bonchev–Trinajstić information content (AvgIpc) is 3.95. The largest absolute Gasteiger partial charge is 0.309 e. The highest BCUT2D eigenvalue weighted by atomic mass is 16.1. The third-order valence-corrected chi connectivity index (χ3v) is 12.6. The molecule has 0 aliphatic rings. The van der Waals surface area contributed by atoms with Crippen molar-refractivity contribution in [1.29, 1.82) is 0 Å². The van der Waals surface area contributed by atoms with Gasteiger partial charge < -0.3 is 9.13 Å². The first-order valence-electron chi connectivity index (χ1n) is 20.2. The molecular weight excluding hydrogens is 719 g/mol. The maximum atomic E-state index is 14.7. The molecule has 4 heterocycles. The lowest BCUT2D eigenvalue weighted by Crippen LogP contribution is -2.13. The fraction of sp³-hybridized carbons (Fsp3) is 0. The number of hydrogen-bond donors (Lipinski definition) is 0. The van der Waals surface area contributed by atoms with Gasteiger partial charge in [0.25, 0.3) is 5.56 Å². The van der Waals surface area contributed by atoms with E-state index in [1.54, 1.807) is 0 Å². The monoisotopic (exact) mass is 751 g/mol. The predicted octanol–water partition coefficient (Wildman–Crippen LogP) is 13.7. The van der Waals surface area contributed by atoms with Crippen LogP contribution in [0.3, 0.4) is 0 Å². The topological polar surface area (TPSA) is 31.3 Å². The van der Waals surface area contributed by atoms with Crippen LogP contribution in [-0.4, -0.2) is 13.5 Å². The van der Waals surface area contributed by atoms with Crippen molar-refractivity contribution in [3.8, 4) is 33.6 Å². The van der Waals surface area contributed by atoms with E-state index in [0.717, 1.165) is 82.6 Å². The molecule has 13 aromatic rings. The van der Waals surface area contributed by atoms with Crippen molar-refractivity contribution < 1.29 is 0 Å². The van der Waals surface area contributed by atoms with E-state index in [2.05, 4.69) is 191 Å². The summed E-state index contributed by atoms with van der Waals surface area (Å²) in [6.45, 7) is 0. The van der Waals surface area contributed by atoms with Crippen molar-refractivity contribution in [2.75, 3.05) is 0 Å². The Labute approximate surface area is 338 Å². The summed E-state index contributed by atoms with van der Waals surface area (Å²) in [7, 11) is 0. The molecule has 0 bridgehead atoms. The molecule has 4 nitrogen and oxygen atoms in total. The van der Waals surface area contributed by atoms with Gasteiger partial charge in [-0.05, 0) is 70.6 Å². The Bertz CT molecular complexity index is 3910. The second-order valence-corrected chi connectivity index (χ2v) is 15.6. The van der Waals surface area contributed by atoms with Crippen molar-refractivity contribution in [3.05, 3.63) is 211 Å². The van der Waals surface area contributed by atoms with Gasteiger partial charge in [0.1, 0.15) is 0 Å². The van der Waals surface area contributed by atoms with E-state index in [1.807, 2.05) is 22.6 Å². The normalized spacial score (nSPS) is 12.1. The van der Waals surface area contributed by atoms with E-state index < -0.39 is 0 Å². The van der Waals surface area contributed by atoms with Gasteiger partial charge in [-0.1, -0.05) is 152 Å². The van der Waals surface area contributed by atoms with Crippen LogP contribution in [0.1, 0.15) is 0 Å². The number of rotatable bonds is 4. The molecule has 0 unspecified atom stereocenters. The lowest BCUT2D eigenvalue weighted by Gasteiger charge is -2.16. The molecule has 0 saturated carbocycles. The summed E-state index contributed by atoms with van der Waals surface area (Å²) >= 11 is 0. The molecule has 9 aromatic carbocycles. The van der Waals surface area contributed by atoms with Gasteiger partial charge in [0.05, 0.1) is 33.1 Å². The van der Waals surface area contributed by atoms with Crippen molar-refractivity contribution in [2.24, 2.45) is 0 Å². The van der Waals surface area contributed by atoms with Crippen LogP contribution in [0, 0.1) is 0 Å². The number of hydrogen-bond acceptors (Lipinski definition) is 1. The summed E-state index contributed by atoms with van der Waals surface area (Å²) in [5.74, 6) is 0. The van der Waals surface area contributed by atoms with Gasteiger partial charge in [-0.25, -0.2) is 0 Å². The zero-order chi connectivity index (χ0) is 38.8. The van der Waals surface area contributed by atoms with Crippen molar-refractivity contribution >= 4 is 81.6 Å². The van der Waals surface area contributed by atoms with Gasteiger partial charge in [0.15, 0.2) is 0 Å². The number of benzene rings is 9. The molecular formula is C55H33N3O. The fourth-order valence-corrected chi connectivity index (χ4v) is 10.2. The Hall–Kier alpha value is -7.95.